The number of ether oxygens (including phenoxy) is 2. The highest BCUT2D eigenvalue weighted by Gasteiger charge is 2.44. The minimum absolute atomic E-state index is 0.00437. The highest BCUT2D eigenvalue weighted by molar-refractivity contribution is 6.03. The molecule has 0 saturated carbocycles. The second-order valence-electron chi connectivity index (χ2n) is 21.9. The molecule has 1 aliphatic carbocycles. The Bertz CT molecular complexity index is 2090. The van der Waals surface area contributed by atoms with Crippen LogP contribution >= 0.6 is 0 Å². The molecule has 1 amide bonds. The summed E-state index contributed by atoms with van der Waals surface area (Å²) in [6.45, 7) is 9.91. The SMILES string of the molecule is CCCCCCCC=CCCCCCCCCC=CCCCCCCC(=O)C(C)C(CC=CC=CC=CC=CC=CCC(C)CCC=CCCC=CC=CC=C(C)C=CC(=O)NC1=C(O)CCC1=O)OC1OC(C)C(O)C(O)C1O. The Morgan fingerprint density at radius 1 is 0.588 bits per heavy atom. The average Bonchev–Trinajstić information content (AvgIpc) is 3.76. The van der Waals surface area contributed by atoms with E-state index in [1.54, 1.807) is 13.0 Å². The van der Waals surface area contributed by atoms with Gasteiger partial charge in [-0.2, -0.15) is 0 Å². The summed E-state index contributed by atoms with van der Waals surface area (Å²) in [6.07, 6.45) is 70.2. The minimum Gasteiger partial charge on any atom is -0.510 e. The number of carbonyl (C=O) groups is 3. The fourth-order valence-electron chi connectivity index (χ4n) is 9.25. The first-order valence-corrected chi connectivity index (χ1v) is 30.9. The number of aliphatic hydroxyl groups is 4. The highest BCUT2D eigenvalue weighted by atomic mass is 16.7. The van der Waals surface area contributed by atoms with E-state index in [9.17, 15) is 34.8 Å². The molecule has 1 aliphatic heterocycles. The van der Waals surface area contributed by atoms with E-state index >= 15 is 0 Å². The molecule has 446 valence electrons. The van der Waals surface area contributed by atoms with Crippen molar-refractivity contribution in [3.63, 3.8) is 0 Å². The first kappa shape index (κ1) is 71.1. The summed E-state index contributed by atoms with van der Waals surface area (Å²) in [7, 11) is 0. The number of nitrogens with one attached hydrogen (secondary N) is 1. The predicted molar refractivity (Wildman–Crippen MR) is 333 cm³/mol. The molecule has 1 heterocycles. The van der Waals surface area contributed by atoms with Crippen molar-refractivity contribution >= 4 is 17.5 Å². The van der Waals surface area contributed by atoms with Gasteiger partial charge >= 0.3 is 0 Å². The molecular formula is C70H107NO9. The summed E-state index contributed by atoms with van der Waals surface area (Å²) in [5, 5.41) is 43.5. The van der Waals surface area contributed by atoms with Crippen molar-refractivity contribution in [3.8, 4) is 0 Å². The number of carbonyl (C=O) groups excluding carboxylic acids is 3. The van der Waals surface area contributed by atoms with Crippen molar-refractivity contribution in [2.75, 3.05) is 0 Å². The number of allylic oxidation sites excluding steroid dienone is 24. The summed E-state index contributed by atoms with van der Waals surface area (Å²) in [5.74, 6) is -0.516. The number of Topliss-reactive ketones (excluding diaryl/α,β-unsaturated/α-hetero) is 2. The molecule has 0 aromatic carbocycles. The van der Waals surface area contributed by atoms with Crippen LogP contribution in [-0.4, -0.2) is 74.7 Å². The number of amides is 1. The Labute approximate surface area is 484 Å². The van der Waals surface area contributed by atoms with Gasteiger partial charge in [0, 0.05) is 31.3 Å². The van der Waals surface area contributed by atoms with Crippen LogP contribution in [0.2, 0.25) is 0 Å². The van der Waals surface area contributed by atoms with Crippen LogP contribution in [0.25, 0.3) is 0 Å². The van der Waals surface area contributed by atoms with E-state index < -0.39 is 48.6 Å². The molecule has 80 heavy (non-hydrogen) atoms. The molecule has 0 aromatic rings. The van der Waals surface area contributed by atoms with Gasteiger partial charge in [0.15, 0.2) is 12.1 Å². The van der Waals surface area contributed by atoms with Crippen LogP contribution in [0.3, 0.4) is 0 Å². The molecular weight excluding hydrogens is 999 g/mol. The lowest BCUT2D eigenvalue weighted by molar-refractivity contribution is -0.306. The minimum atomic E-state index is -1.44. The Morgan fingerprint density at radius 3 is 1.68 bits per heavy atom. The maximum absolute atomic E-state index is 13.4. The van der Waals surface area contributed by atoms with Gasteiger partial charge in [0.1, 0.15) is 35.6 Å². The number of hydrogen-bond acceptors (Lipinski definition) is 9. The monoisotopic (exact) mass is 1110 g/mol. The molecule has 1 saturated heterocycles. The van der Waals surface area contributed by atoms with E-state index in [1.165, 1.54) is 89.5 Å². The number of rotatable bonds is 45. The third-order valence-electron chi connectivity index (χ3n) is 14.6. The topological polar surface area (TPSA) is 163 Å². The Balaban J connectivity index is 1.62. The fraction of sp³-hybridized carbons (Fsp3) is 0.586. The van der Waals surface area contributed by atoms with Gasteiger partial charge in [-0.25, -0.2) is 0 Å². The summed E-state index contributed by atoms with van der Waals surface area (Å²) in [4.78, 5) is 37.2. The predicted octanol–water partition coefficient (Wildman–Crippen LogP) is 16.5. The number of hydrogen-bond donors (Lipinski definition) is 5. The van der Waals surface area contributed by atoms with Crippen molar-refractivity contribution in [2.45, 2.75) is 251 Å². The van der Waals surface area contributed by atoms with E-state index in [4.69, 9.17) is 9.47 Å². The second-order valence-corrected chi connectivity index (χ2v) is 21.9. The molecule has 10 nitrogen and oxygen atoms in total. The van der Waals surface area contributed by atoms with Crippen LogP contribution in [-0.2, 0) is 23.9 Å². The number of unbranched alkanes of at least 4 members (excludes halogenated alkanes) is 17. The van der Waals surface area contributed by atoms with E-state index in [-0.39, 0.29) is 35.9 Å². The highest BCUT2D eigenvalue weighted by Crippen LogP contribution is 2.27. The van der Waals surface area contributed by atoms with Crippen LogP contribution in [0.5, 0.6) is 0 Å². The Kier molecular flexibility index (Phi) is 42.4. The quantitative estimate of drug-likeness (QED) is 0.0173. The molecule has 10 heteroatoms. The standard InChI is InChI=1S/C70H107NO9/c1-6-7-8-9-10-11-12-13-14-15-16-17-18-19-20-21-22-23-24-31-36-41-46-51-61(72)59(4)64(80-70-69(78)68(77)67(76)60(5)79-70)52-47-42-37-32-26-25-28-33-38-43-48-57(2)49-44-39-34-29-27-30-35-40-45-50-58(3)53-56-65(75)71-66-62(73)54-55-63(66)74/h12-13,22-23,25-26,28,30,32-35,37-40,42-43,45,47,50,53,56-57,59-60,64,67-70,73,76-78H,6-11,14-21,24,27,29,31,36,41,44,46,48-49,51-52,54-55H2,1-5H3,(H,71,75). The third kappa shape index (κ3) is 35.7. The first-order valence-electron chi connectivity index (χ1n) is 30.9. The number of aliphatic hydroxyl groups excluding tert-OH is 4. The lowest BCUT2D eigenvalue weighted by Crippen LogP contribution is -2.58. The maximum atomic E-state index is 13.4. The molecule has 2 rings (SSSR count). The van der Waals surface area contributed by atoms with Crippen LogP contribution in [0, 0.1) is 11.8 Å². The number of ketones is 2. The van der Waals surface area contributed by atoms with Gasteiger partial charge in [0.25, 0.3) is 0 Å². The van der Waals surface area contributed by atoms with Gasteiger partial charge in [0.05, 0.1) is 12.2 Å². The van der Waals surface area contributed by atoms with Crippen LogP contribution in [0.1, 0.15) is 214 Å². The molecule has 0 bridgehead atoms. The van der Waals surface area contributed by atoms with Gasteiger partial charge in [-0.05, 0) is 116 Å². The van der Waals surface area contributed by atoms with Crippen molar-refractivity contribution in [1.29, 1.82) is 0 Å². The fourth-order valence-corrected chi connectivity index (χ4v) is 9.25. The lowest BCUT2D eigenvalue weighted by atomic mass is 9.92. The maximum Gasteiger partial charge on any atom is 0.248 e. The van der Waals surface area contributed by atoms with E-state index in [2.05, 4.69) is 73.8 Å². The van der Waals surface area contributed by atoms with Gasteiger partial charge in [0.2, 0.25) is 5.91 Å². The van der Waals surface area contributed by atoms with E-state index in [1.807, 2.05) is 86.8 Å². The van der Waals surface area contributed by atoms with Crippen LogP contribution in [0.15, 0.2) is 157 Å². The summed E-state index contributed by atoms with van der Waals surface area (Å²) >= 11 is 0. The van der Waals surface area contributed by atoms with E-state index in [0.717, 1.165) is 76.2 Å². The Hall–Kier alpha value is -4.97. The Morgan fingerprint density at radius 2 is 1.09 bits per heavy atom. The zero-order valence-corrected chi connectivity index (χ0v) is 50.0. The smallest absolute Gasteiger partial charge is 0.248 e. The summed E-state index contributed by atoms with van der Waals surface area (Å²) in [5.41, 5.74) is 0.883. The average molecular weight is 1110 g/mol. The zero-order chi connectivity index (χ0) is 58.3. The zero-order valence-electron chi connectivity index (χ0n) is 50.0. The van der Waals surface area contributed by atoms with Crippen molar-refractivity contribution in [1.82, 2.24) is 5.32 Å². The van der Waals surface area contributed by atoms with E-state index in [0.29, 0.717) is 18.8 Å². The van der Waals surface area contributed by atoms with Crippen molar-refractivity contribution in [3.05, 3.63) is 157 Å². The molecule has 2 aliphatic rings. The molecule has 0 spiro atoms. The lowest BCUT2D eigenvalue weighted by Gasteiger charge is -2.40. The van der Waals surface area contributed by atoms with Crippen molar-refractivity contribution in [2.24, 2.45) is 11.8 Å². The first-order chi connectivity index (χ1) is 38.8. The largest absolute Gasteiger partial charge is 0.510 e. The van der Waals surface area contributed by atoms with Gasteiger partial charge in [-0.3, -0.25) is 14.4 Å². The normalized spacial score (nSPS) is 21.1. The molecule has 8 atom stereocenters. The molecule has 1 fully saturated rings. The second kappa shape index (κ2) is 47.6. The van der Waals surface area contributed by atoms with Crippen LogP contribution < -0.4 is 5.32 Å². The third-order valence-corrected chi connectivity index (χ3v) is 14.6. The molecule has 5 N–H and O–H groups in total. The van der Waals surface area contributed by atoms with Gasteiger partial charge < -0.3 is 35.2 Å². The summed E-state index contributed by atoms with van der Waals surface area (Å²) in [6, 6.07) is 0. The molecule has 0 aromatic heterocycles. The summed E-state index contributed by atoms with van der Waals surface area (Å²) < 4.78 is 12.0. The van der Waals surface area contributed by atoms with Crippen LogP contribution in [0.4, 0.5) is 0 Å². The molecule has 0 radical (unpaired) electrons. The van der Waals surface area contributed by atoms with Gasteiger partial charge in [-0.1, -0.05) is 224 Å². The van der Waals surface area contributed by atoms with Crippen molar-refractivity contribution < 1.29 is 44.3 Å². The van der Waals surface area contributed by atoms with Gasteiger partial charge in [-0.15, -0.1) is 0 Å². The molecule has 8 unspecified atom stereocenters.